The summed E-state index contributed by atoms with van der Waals surface area (Å²) in [6.45, 7) is 2.54. The zero-order valence-corrected chi connectivity index (χ0v) is 13.1. The summed E-state index contributed by atoms with van der Waals surface area (Å²) in [5.41, 5.74) is 0.490. The number of ether oxygens (including phenoxy) is 2. The molecule has 1 rings (SSSR count). The van der Waals surface area contributed by atoms with Gasteiger partial charge in [0.2, 0.25) is 5.91 Å². The zero-order chi connectivity index (χ0) is 15.8. The fourth-order valence-corrected chi connectivity index (χ4v) is 1.87. The Hall–Kier alpha value is -1.79. The topological polar surface area (TPSA) is 67.9 Å². The number of benzene rings is 1. The Labute approximate surface area is 129 Å². The highest BCUT2D eigenvalue weighted by Gasteiger charge is 2.15. The van der Waals surface area contributed by atoms with E-state index >= 15 is 0 Å². The van der Waals surface area contributed by atoms with Crippen LogP contribution in [0.4, 0.5) is 5.69 Å². The van der Waals surface area contributed by atoms with Crippen molar-refractivity contribution in [1.82, 2.24) is 4.90 Å². The molecule has 0 radical (unpaired) electrons. The second kappa shape index (κ2) is 8.49. The third kappa shape index (κ3) is 5.61. The van der Waals surface area contributed by atoms with Gasteiger partial charge in [0.05, 0.1) is 33.0 Å². The van der Waals surface area contributed by atoms with Crippen molar-refractivity contribution in [3.63, 3.8) is 0 Å². The standard InChI is InChI=1S/C14H19ClN2O4/c1-4-17(9-14(19)21-3)8-13(18)16-11-7-10(15)5-6-12(11)20-2/h5-7H,4,8-9H2,1-3H3,(H,16,18). The second-order valence-electron chi connectivity index (χ2n) is 4.27. The molecule has 0 fully saturated rings. The van der Waals surface area contributed by atoms with Crippen molar-refractivity contribution in [3.05, 3.63) is 23.2 Å². The molecule has 0 saturated carbocycles. The minimum atomic E-state index is -0.384. The predicted octanol–water partition coefficient (Wildman–Crippen LogP) is 1.78. The van der Waals surface area contributed by atoms with Crippen molar-refractivity contribution in [2.24, 2.45) is 0 Å². The molecule has 6 nitrogen and oxygen atoms in total. The highest BCUT2D eigenvalue weighted by Crippen LogP contribution is 2.27. The quantitative estimate of drug-likeness (QED) is 0.777. The van der Waals surface area contributed by atoms with Crippen LogP contribution in [0.1, 0.15) is 6.92 Å². The molecule has 116 valence electrons. The highest BCUT2D eigenvalue weighted by molar-refractivity contribution is 6.31. The maximum atomic E-state index is 12.0. The number of rotatable bonds is 7. The maximum Gasteiger partial charge on any atom is 0.319 e. The molecular formula is C14H19ClN2O4. The molecule has 1 aromatic carbocycles. The number of halogens is 1. The Kier molecular flexibility index (Phi) is 6.98. The molecule has 0 spiro atoms. The lowest BCUT2D eigenvalue weighted by Gasteiger charge is -2.18. The Balaban J connectivity index is 2.68. The average Bonchev–Trinajstić information content (AvgIpc) is 2.46. The summed E-state index contributed by atoms with van der Waals surface area (Å²) in [5, 5.41) is 3.21. The van der Waals surface area contributed by atoms with Crippen LogP contribution in [0.3, 0.4) is 0 Å². The van der Waals surface area contributed by atoms with Crippen LogP contribution in [0.15, 0.2) is 18.2 Å². The van der Waals surface area contributed by atoms with Crippen LogP contribution in [-0.2, 0) is 14.3 Å². The van der Waals surface area contributed by atoms with Gasteiger partial charge >= 0.3 is 5.97 Å². The van der Waals surface area contributed by atoms with Gasteiger partial charge in [-0.3, -0.25) is 14.5 Å². The number of carbonyl (C=O) groups excluding carboxylic acids is 2. The fraction of sp³-hybridized carbons (Fsp3) is 0.429. The molecule has 7 heteroatoms. The molecule has 0 aliphatic carbocycles. The van der Waals surface area contributed by atoms with Crippen LogP contribution >= 0.6 is 11.6 Å². The molecule has 0 aliphatic rings. The van der Waals surface area contributed by atoms with Gasteiger partial charge in [-0.1, -0.05) is 18.5 Å². The minimum Gasteiger partial charge on any atom is -0.495 e. The van der Waals surface area contributed by atoms with E-state index in [9.17, 15) is 9.59 Å². The number of likely N-dealkylation sites (N-methyl/N-ethyl adjacent to an activating group) is 1. The first-order chi connectivity index (χ1) is 9.99. The largest absolute Gasteiger partial charge is 0.495 e. The zero-order valence-electron chi connectivity index (χ0n) is 12.3. The van der Waals surface area contributed by atoms with Gasteiger partial charge in [0.1, 0.15) is 5.75 Å². The van der Waals surface area contributed by atoms with Crippen LogP contribution in [0.25, 0.3) is 0 Å². The molecule has 1 N–H and O–H groups in total. The molecule has 1 amide bonds. The maximum absolute atomic E-state index is 12.0. The molecule has 1 aromatic rings. The molecule has 0 bridgehead atoms. The molecule has 0 unspecified atom stereocenters. The van der Waals surface area contributed by atoms with E-state index in [-0.39, 0.29) is 25.0 Å². The monoisotopic (exact) mass is 314 g/mol. The third-order valence-corrected chi connectivity index (χ3v) is 3.07. The molecule has 0 heterocycles. The van der Waals surface area contributed by atoms with Crippen LogP contribution in [0.2, 0.25) is 5.02 Å². The van der Waals surface area contributed by atoms with Crippen molar-refractivity contribution >= 4 is 29.2 Å². The molecule has 0 aliphatic heterocycles. The van der Waals surface area contributed by atoms with E-state index in [1.54, 1.807) is 23.1 Å². The van der Waals surface area contributed by atoms with Crippen LogP contribution in [0, 0.1) is 0 Å². The van der Waals surface area contributed by atoms with Crippen LogP contribution in [0.5, 0.6) is 5.75 Å². The summed E-state index contributed by atoms with van der Waals surface area (Å²) in [6.07, 6.45) is 0. The number of esters is 1. The van der Waals surface area contributed by atoms with Crippen molar-refractivity contribution in [2.75, 3.05) is 39.2 Å². The Morgan fingerprint density at radius 3 is 2.57 bits per heavy atom. The van der Waals surface area contributed by atoms with Gasteiger partial charge in [-0.2, -0.15) is 0 Å². The summed E-state index contributed by atoms with van der Waals surface area (Å²) >= 11 is 5.90. The van der Waals surface area contributed by atoms with Crippen molar-refractivity contribution in [3.8, 4) is 5.75 Å². The summed E-state index contributed by atoms with van der Waals surface area (Å²) in [7, 11) is 2.82. The Morgan fingerprint density at radius 2 is 2.00 bits per heavy atom. The SMILES string of the molecule is CCN(CC(=O)Nc1cc(Cl)ccc1OC)CC(=O)OC. The van der Waals surface area contributed by atoms with Crippen molar-refractivity contribution in [1.29, 1.82) is 0 Å². The number of amides is 1. The van der Waals surface area contributed by atoms with E-state index < -0.39 is 0 Å². The van der Waals surface area contributed by atoms with Gasteiger partial charge < -0.3 is 14.8 Å². The first kappa shape index (κ1) is 17.3. The Bertz CT molecular complexity index is 508. The van der Waals surface area contributed by atoms with Gasteiger partial charge in [-0.15, -0.1) is 0 Å². The number of anilines is 1. The lowest BCUT2D eigenvalue weighted by molar-refractivity contribution is -0.142. The number of methoxy groups -OCH3 is 2. The fourth-order valence-electron chi connectivity index (χ4n) is 1.70. The second-order valence-corrected chi connectivity index (χ2v) is 4.71. The van der Waals surface area contributed by atoms with Gasteiger partial charge in [0.25, 0.3) is 0 Å². The van der Waals surface area contributed by atoms with E-state index in [1.165, 1.54) is 14.2 Å². The first-order valence-electron chi connectivity index (χ1n) is 6.42. The lowest BCUT2D eigenvalue weighted by atomic mass is 10.3. The van der Waals surface area contributed by atoms with E-state index in [1.807, 2.05) is 6.92 Å². The summed E-state index contributed by atoms with van der Waals surface area (Å²) < 4.78 is 9.74. The number of carbonyl (C=O) groups is 2. The van der Waals surface area contributed by atoms with Gasteiger partial charge in [0.15, 0.2) is 0 Å². The molecule has 21 heavy (non-hydrogen) atoms. The first-order valence-corrected chi connectivity index (χ1v) is 6.80. The van der Waals surface area contributed by atoms with Gasteiger partial charge in [-0.25, -0.2) is 0 Å². The smallest absolute Gasteiger partial charge is 0.319 e. The van der Waals surface area contributed by atoms with Crippen LogP contribution in [-0.4, -0.2) is 50.6 Å². The molecular weight excluding hydrogens is 296 g/mol. The highest BCUT2D eigenvalue weighted by atomic mass is 35.5. The van der Waals surface area contributed by atoms with E-state index in [0.29, 0.717) is 23.0 Å². The van der Waals surface area contributed by atoms with Crippen molar-refractivity contribution in [2.45, 2.75) is 6.92 Å². The van der Waals surface area contributed by atoms with E-state index in [4.69, 9.17) is 16.3 Å². The average molecular weight is 315 g/mol. The van der Waals surface area contributed by atoms with Gasteiger partial charge in [0, 0.05) is 5.02 Å². The van der Waals surface area contributed by atoms with E-state index in [2.05, 4.69) is 10.1 Å². The summed E-state index contributed by atoms with van der Waals surface area (Å²) in [5.74, 6) is -0.130. The normalized spacial score (nSPS) is 10.3. The minimum absolute atomic E-state index is 0.0626. The summed E-state index contributed by atoms with van der Waals surface area (Å²) in [6, 6.07) is 4.95. The van der Waals surface area contributed by atoms with Gasteiger partial charge in [-0.05, 0) is 24.7 Å². The van der Waals surface area contributed by atoms with E-state index in [0.717, 1.165) is 0 Å². The molecule has 0 atom stereocenters. The molecule has 0 saturated heterocycles. The Morgan fingerprint density at radius 1 is 1.29 bits per heavy atom. The number of nitrogens with zero attached hydrogens (tertiary/aromatic N) is 1. The van der Waals surface area contributed by atoms with Crippen molar-refractivity contribution < 1.29 is 19.1 Å². The van der Waals surface area contributed by atoms with Crippen LogP contribution < -0.4 is 10.1 Å². The lowest BCUT2D eigenvalue weighted by Crippen LogP contribution is -2.37. The predicted molar refractivity (Wildman–Crippen MR) is 80.8 cm³/mol. The third-order valence-electron chi connectivity index (χ3n) is 2.83. The molecule has 0 aromatic heterocycles. The number of hydrogen-bond acceptors (Lipinski definition) is 5. The summed E-state index contributed by atoms with van der Waals surface area (Å²) in [4.78, 5) is 24.9. The number of nitrogens with one attached hydrogen (secondary N) is 1. The number of hydrogen-bond donors (Lipinski definition) is 1.